The molecule has 114 valence electrons. The summed E-state index contributed by atoms with van der Waals surface area (Å²) < 4.78 is 31.9. The first-order valence-corrected chi connectivity index (χ1v) is 8.08. The lowest BCUT2D eigenvalue weighted by atomic mass is 10.2. The average Bonchev–Trinajstić information content (AvgIpc) is 2.77. The fraction of sp³-hybridized carbons (Fsp3) is 0.357. The van der Waals surface area contributed by atoms with Gasteiger partial charge in [-0.15, -0.1) is 0 Å². The van der Waals surface area contributed by atoms with Gasteiger partial charge in [-0.1, -0.05) is 30.3 Å². The third kappa shape index (κ3) is 2.93. The van der Waals surface area contributed by atoms with Crippen LogP contribution < -0.4 is 5.73 Å². The van der Waals surface area contributed by atoms with Crippen molar-refractivity contribution in [3.63, 3.8) is 0 Å². The highest BCUT2D eigenvalue weighted by Crippen LogP contribution is 2.25. The van der Waals surface area contributed by atoms with E-state index in [4.69, 9.17) is 10.3 Å². The van der Waals surface area contributed by atoms with Gasteiger partial charge in [-0.05, 0) is 25.5 Å². The predicted molar refractivity (Wildman–Crippen MR) is 80.1 cm³/mol. The number of aromatic nitrogens is 1. The summed E-state index contributed by atoms with van der Waals surface area (Å²) in [5.74, 6) is 0.298. The number of benzene rings is 1. The molecule has 0 aliphatic rings. The standard InChI is InChI=1S/C14H19N3O3S/c1-4-17(9-12-7-5-6-8-13(12)15)21(18,19)14-10(2)16-20-11(14)3/h5-8H,4,9,15H2,1-3H3. The Kier molecular flexibility index (Phi) is 4.34. The van der Waals surface area contributed by atoms with Crippen LogP contribution in [0.5, 0.6) is 0 Å². The summed E-state index contributed by atoms with van der Waals surface area (Å²) in [6, 6.07) is 7.23. The van der Waals surface area contributed by atoms with Crippen molar-refractivity contribution in [3.05, 3.63) is 41.3 Å². The molecule has 0 spiro atoms. The van der Waals surface area contributed by atoms with E-state index in [1.165, 1.54) is 4.31 Å². The molecule has 0 bridgehead atoms. The minimum atomic E-state index is -3.66. The van der Waals surface area contributed by atoms with Crippen molar-refractivity contribution in [2.45, 2.75) is 32.2 Å². The molecule has 1 aromatic heterocycles. The predicted octanol–water partition coefficient (Wildman–Crippen LogP) is 2.08. The van der Waals surface area contributed by atoms with Crippen molar-refractivity contribution in [3.8, 4) is 0 Å². The van der Waals surface area contributed by atoms with E-state index in [0.717, 1.165) is 5.56 Å². The van der Waals surface area contributed by atoms with Gasteiger partial charge in [0.2, 0.25) is 10.0 Å². The highest BCUT2D eigenvalue weighted by molar-refractivity contribution is 7.89. The van der Waals surface area contributed by atoms with Gasteiger partial charge in [-0.2, -0.15) is 4.31 Å². The van der Waals surface area contributed by atoms with Gasteiger partial charge in [0.25, 0.3) is 0 Å². The molecule has 0 radical (unpaired) electrons. The zero-order chi connectivity index (χ0) is 15.6. The highest BCUT2D eigenvalue weighted by atomic mass is 32.2. The number of rotatable bonds is 5. The van der Waals surface area contributed by atoms with Crippen LogP contribution in [0.25, 0.3) is 0 Å². The molecule has 0 saturated carbocycles. The van der Waals surface area contributed by atoms with Crippen LogP contribution in [-0.4, -0.2) is 24.4 Å². The molecule has 0 fully saturated rings. The van der Waals surface area contributed by atoms with E-state index in [1.807, 2.05) is 18.2 Å². The van der Waals surface area contributed by atoms with E-state index in [9.17, 15) is 8.42 Å². The quantitative estimate of drug-likeness (QED) is 0.854. The summed E-state index contributed by atoms with van der Waals surface area (Å²) in [6.45, 7) is 5.55. The molecule has 2 aromatic rings. The molecule has 0 atom stereocenters. The van der Waals surface area contributed by atoms with E-state index in [0.29, 0.717) is 23.7 Å². The fourth-order valence-electron chi connectivity index (χ4n) is 2.21. The van der Waals surface area contributed by atoms with Gasteiger partial charge < -0.3 is 10.3 Å². The molecule has 0 aliphatic carbocycles. The van der Waals surface area contributed by atoms with Gasteiger partial charge in [-0.25, -0.2) is 8.42 Å². The van der Waals surface area contributed by atoms with E-state index in [-0.39, 0.29) is 11.4 Å². The number of nitrogens with two attached hydrogens (primary N) is 1. The third-order valence-electron chi connectivity index (χ3n) is 3.32. The molecule has 2 rings (SSSR count). The van der Waals surface area contributed by atoms with Crippen molar-refractivity contribution < 1.29 is 12.9 Å². The second kappa shape index (κ2) is 5.87. The largest absolute Gasteiger partial charge is 0.398 e. The molecule has 0 saturated heterocycles. The number of para-hydroxylation sites is 1. The van der Waals surface area contributed by atoms with Crippen LogP contribution in [0, 0.1) is 13.8 Å². The Morgan fingerprint density at radius 1 is 1.29 bits per heavy atom. The average molecular weight is 309 g/mol. The summed E-state index contributed by atoms with van der Waals surface area (Å²) in [7, 11) is -3.66. The van der Waals surface area contributed by atoms with Crippen LogP contribution in [0.2, 0.25) is 0 Å². The fourth-order valence-corrected chi connectivity index (χ4v) is 3.93. The maximum atomic E-state index is 12.8. The Hall–Kier alpha value is -1.86. The molecular formula is C14H19N3O3S. The van der Waals surface area contributed by atoms with Crippen molar-refractivity contribution in [2.24, 2.45) is 0 Å². The summed E-state index contributed by atoms with van der Waals surface area (Å²) in [4.78, 5) is 0.138. The van der Waals surface area contributed by atoms with Crippen molar-refractivity contribution >= 4 is 15.7 Å². The van der Waals surface area contributed by atoms with E-state index >= 15 is 0 Å². The molecule has 2 N–H and O–H groups in total. The smallest absolute Gasteiger partial charge is 0.248 e. The summed E-state index contributed by atoms with van der Waals surface area (Å²) in [5, 5.41) is 3.72. The normalized spacial score (nSPS) is 12.0. The van der Waals surface area contributed by atoms with Gasteiger partial charge in [0, 0.05) is 18.8 Å². The summed E-state index contributed by atoms with van der Waals surface area (Å²) >= 11 is 0. The summed E-state index contributed by atoms with van der Waals surface area (Å²) in [6.07, 6.45) is 0. The molecule has 1 heterocycles. The Morgan fingerprint density at radius 2 is 1.95 bits per heavy atom. The van der Waals surface area contributed by atoms with Crippen molar-refractivity contribution in [1.29, 1.82) is 0 Å². The summed E-state index contributed by atoms with van der Waals surface area (Å²) in [5.41, 5.74) is 7.61. The van der Waals surface area contributed by atoms with Crippen LogP contribution in [0.4, 0.5) is 5.69 Å². The SMILES string of the molecule is CCN(Cc1ccccc1N)S(=O)(=O)c1c(C)noc1C. The van der Waals surface area contributed by atoms with E-state index < -0.39 is 10.0 Å². The van der Waals surface area contributed by atoms with Gasteiger partial charge >= 0.3 is 0 Å². The molecule has 0 amide bonds. The number of anilines is 1. The topological polar surface area (TPSA) is 89.4 Å². The van der Waals surface area contributed by atoms with Gasteiger partial charge in [-0.3, -0.25) is 0 Å². The Bertz CT molecular complexity index is 718. The second-order valence-corrected chi connectivity index (χ2v) is 6.66. The van der Waals surface area contributed by atoms with Gasteiger partial charge in [0.1, 0.15) is 10.6 Å². The molecule has 0 aliphatic heterocycles. The first kappa shape index (κ1) is 15.5. The molecule has 1 aromatic carbocycles. The van der Waals surface area contributed by atoms with Crippen LogP contribution in [0.1, 0.15) is 23.9 Å². The number of hydrogen-bond acceptors (Lipinski definition) is 5. The number of hydrogen-bond donors (Lipinski definition) is 1. The van der Waals surface area contributed by atoms with E-state index in [1.54, 1.807) is 26.8 Å². The number of nitrogens with zero attached hydrogens (tertiary/aromatic N) is 2. The monoisotopic (exact) mass is 309 g/mol. The van der Waals surface area contributed by atoms with Gasteiger partial charge in [0.05, 0.1) is 0 Å². The number of nitrogen functional groups attached to an aromatic ring is 1. The third-order valence-corrected chi connectivity index (χ3v) is 5.49. The Labute approximate surface area is 124 Å². The minimum absolute atomic E-state index is 0.138. The van der Waals surface area contributed by atoms with Crippen LogP contribution in [-0.2, 0) is 16.6 Å². The zero-order valence-electron chi connectivity index (χ0n) is 12.3. The number of sulfonamides is 1. The van der Waals surface area contributed by atoms with Gasteiger partial charge in [0.15, 0.2) is 5.76 Å². The first-order valence-electron chi connectivity index (χ1n) is 6.64. The highest BCUT2D eigenvalue weighted by Gasteiger charge is 2.30. The Morgan fingerprint density at radius 3 is 2.48 bits per heavy atom. The van der Waals surface area contributed by atoms with E-state index in [2.05, 4.69) is 5.16 Å². The van der Waals surface area contributed by atoms with Crippen LogP contribution >= 0.6 is 0 Å². The lowest BCUT2D eigenvalue weighted by Crippen LogP contribution is -2.31. The van der Waals surface area contributed by atoms with Crippen LogP contribution in [0.3, 0.4) is 0 Å². The zero-order valence-corrected chi connectivity index (χ0v) is 13.1. The molecule has 21 heavy (non-hydrogen) atoms. The van der Waals surface area contributed by atoms with Crippen LogP contribution in [0.15, 0.2) is 33.7 Å². The maximum Gasteiger partial charge on any atom is 0.248 e. The molecular weight excluding hydrogens is 290 g/mol. The maximum absolute atomic E-state index is 12.8. The lowest BCUT2D eigenvalue weighted by molar-refractivity contribution is 0.388. The minimum Gasteiger partial charge on any atom is -0.398 e. The second-order valence-electron chi connectivity index (χ2n) is 4.78. The molecule has 0 unspecified atom stereocenters. The lowest BCUT2D eigenvalue weighted by Gasteiger charge is -2.21. The molecule has 6 nitrogen and oxygen atoms in total. The number of aryl methyl sites for hydroxylation is 2. The van der Waals surface area contributed by atoms with Crippen molar-refractivity contribution in [1.82, 2.24) is 9.46 Å². The first-order chi connectivity index (χ1) is 9.87. The Balaban J connectivity index is 2.40. The molecule has 7 heteroatoms. The van der Waals surface area contributed by atoms with Crippen molar-refractivity contribution in [2.75, 3.05) is 12.3 Å².